The second-order valence-corrected chi connectivity index (χ2v) is 13.5. The van der Waals surface area contributed by atoms with Gasteiger partial charge in [0.2, 0.25) is 11.8 Å². The third-order valence-electron chi connectivity index (χ3n) is 7.51. The summed E-state index contributed by atoms with van der Waals surface area (Å²) in [5.74, 6) is 1.37. The molecule has 1 aliphatic rings. The predicted octanol–water partition coefficient (Wildman–Crippen LogP) is 5.89. The van der Waals surface area contributed by atoms with Crippen molar-refractivity contribution in [1.82, 2.24) is 24.6 Å². The first-order valence-corrected chi connectivity index (χ1v) is 15.4. The molecule has 1 saturated heterocycles. The molecular weight excluding hydrogens is 536 g/mol. The van der Waals surface area contributed by atoms with Crippen LogP contribution in [0.5, 0.6) is 11.6 Å². The lowest BCUT2D eigenvalue weighted by molar-refractivity contribution is 0.255. The van der Waals surface area contributed by atoms with E-state index >= 15 is 0 Å². The van der Waals surface area contributed by atoms with Crippen LogP contribution in [0.2, 0.25) is 0 Å². The highest BCUT2D eigenvalue weighted by atomic mass is 32.2. The van der Waals surface area contributed by atoms with Crippen molar-refractivity contribution in [3.05, 3.63) is 77.6 Å². The van der Waals surface area contributed by atoms with E-state index in [2.05, 4.69) is 59.7 Å². The molecule has 0 radical (unpaired) electrons. The van der Waals surface area contributed by atoms with E-state index in [1.165, 1.54) is 22.6 Å². The van der Waals surface area contributed by atoms with E-state index in [1.807, 2.05) is 43.3 Å². The zero-order chi connectivity index (χ0) is 29.4. The highest BCUT2D eigenvalue weighted by molar-refractivity contribution is 7.92. The third kappa shape index (κ3) is 6.44. The number of likely N-dealkylation sites (tertiary alicyclic amines) is 1. The second-order valence-electron chi connectivity index (χ2n) is 11.8. The molecule has 5 rings (SSSR count). The monoisotopic (exact) mass is 574 g/mol. The van der Waals surface area contributed by atoms with Crippen molar-refractivity contribution in [3.63, 3.8) is 0 Å². The molecule has 1 N–H and O–H groups in total. The molecule has 9 nitrogen and oxygen atoms in total. The molecule has 0 unspecified atom stereocenters. The summed E-state index contributed by atoms with van der Waals surface area (Å²) < 4.78 is 37.0. The van der Waals surface area contributed by atoms with E-state index in [4.69, 9.17) is 9.72 Å². The second kappa shape index (κ2) is 11.3. The molecule has 2 aromatic heterocycles. The molecule has 10 heteroatoms. The number of rotatable bonds is 7. The summed E-state index contributed by atoms with van der Waals surface area (Å²) in [5.41, 5.74) is 4.12. The SMILES string of the molecule is Cc1ccccc1-c1nc(NS(=O)(=O)c2cnn(C)c2)nc(Oc2cccc(C3CCN(C)CC3)c2)c1C(C)(C)C. The molecule has 0 amide bonds. The molecule has 0 bridgehead atoms. The van der Waals surface area contributed by atoms with E-state index in [-0.39, 0.29) is 10.8 Å². The third-order valence-corrected chi connectivity index (χ3v) is 8.79. The van der Waals surface area contributed by atoms with Crippen LogP contribution in [0.3, 0.4) is 0 Å². The minimum absolute atomic E-state index is 0.0224. The number of aromatic nitrogens is 4. The molecule has 2 aromatic carbocycles. The largest absolute Gasteiger partial charge is 0.439 e. The quantitative estimate of drug-likeness (QED) is 0.294. The standard InChI is InChI=1S/C31H38N6O3S/c1-21-10-7-8-13-26(21)28-27(31(2,3)4)29(34-30(33-28)35-41(38,39)25-19-32-37(6)20-25)40-24-12-9-11-23(18-24)22-14-16-36(5)17-15-22/h7-13,18-20,22H,14-17H2,1-6H3,(H,33,34,35). The van der Waals surface area contributed by atoms with Crippen molar-refractivity contribution in [2.75, 3.05) is 24.9 Å². The molecule has 1 fully saturated rings. The van der Waals surface area contributed by atoms with Crippen LogP contribution in [-0.2, 0) is 22.5 Å². The number of sulfonamides is 1. The summed E-state index contributed by atoms with van der Waals surface area (Å²) >= 11 is 0. The van der Waals surface area contributed by atoms with Crippen LogP contribution < -0.4 is 9.46 Å². The van der Waals surface area contributed by atoms with Crippen molar-refractivity contribution in [2.45, 2.75) is 56.8 Å². The number of nitrogens with zero attached hydrogens (tertiary/aromatic N) is 5. The number of ether oxygens (including phenoxy) is 1. The minimum Gasteiger partial charge on any atom is -0.439 e. The number of benzene rings is 2. The van der Waals surface area contributed by atoms with Gasteiger partial charge in [0, 0.05) is 24.4 Å². The Morgan fingerprint density at radius 3 is 2.39 bits per heavy atom. The van der Waals surface area contributed by atoms with Crippen LogP contribution in [0.4, 0.5) is 5.95 Å². The van der Waals surface area contributed by atoms with Gasteiger partial charge in [0.05, 0.1) is 11.9 Å². The number of aryl methyl sites for hydroxylation is 2. The minimum atomic E-state index is -3.98. The summed E-state index contributed by atoms with van der Waals surface area (Å²) in [6.45, 7) is 10.4. The van der Waals surface area contributed by atoms with Gasteiger partial charge < -0.3 is 9.64 Å². The summed E-state index contributed by atoms with van der Waals surface area (Å²) in [4.78, 5) is 11.8. The fourth-order valence-corrected chi connectivity index (χ4v) is 6.20. The van der Waals surface area contributed by atoms with Gasteiger partial charge in [-0.2, -0.15) is 10.1 Å². The predicted molar refractivity (Wildman–Crippen MR) is 161 cm³/mol. The zero-order valence-corrected chi connectivity index (χ0v) is 25.4. The Morgan fingerprint density at radius 1 is 1.00 bits per heavy atom. The lowest BCUT2D eigenvalue weighted by Crippen LogP contribution is -2.29. The van der Waals surface area contributed by atoms with E-state index in [9.17, 15) is 8.42 Å². The molecule has 0 atom stereocenters. The van der Waals surface area contributed by atoms with Gasteiger partial charge in [-0.3, -0.25) is 4.68 Å². The summed E-state index contributed by atoms with van der Waals surface area (Å²) in [7, 11) is -0.163. The molecular formula is C31H38N6O3S. The Bertz CT molecular complexity index is 1650. The molecule has 41 heavy (non-hydrogen) atoms. The molecule has 0 saturated carbocycles. The lowest BCUT2D eigenvalue weighted by atomic mass is 9.84. The van der Waals surface area contributed by atoms with Crippen LogP contribution in [-0.4, -0.2) is 53.2 Å². The Labute approximate surface area is 242 Å². The highest BCUT2D eigenvalue weighted by Gasteiger charge is 2.30. The Balaban J connectivity index is 1.62. The Hall–Kier alpha value is -3.76. The first-order valence-electron chi connectivity index (χ1n) is 13.9. The van der Waals surface area contributed by atoms with Gasteiger partial charge in [0.1, 0.15) is 10.6 Å². The van der Waals surface area contributed by atoms with Gasteiger partial charge in [-0.05, 0) is 74.5 Å². The number of anilines is 1. The van der Waals surface area contributed by atoms with Gasteiger partial charge in [-0.15, -0.1) is 0 Å². The molecule has 0 aliphatic carbocycles. The normalized spacial score (nSPS) is 15.2. The molecule has 0 spiro atoms. The smallest absolute Gasteiger partial charge is 0.267 e. The van der Waals surface area contributed by atoms with Crippen molar-refractivity contribution in [2.24, 2.45) is 7.05 Å². The summed E-state index contributed by atoms with van der Waals surface area (Å²) in [6, 6.07) is 16.1. The molecule has 216 valence electrons. The zero-order valence-electron chi connectivity index (χ0n) is 24.5. The van der Waals surface area contributed by atoms with Crippen LogP contribution in [0.1, 0.15) is 56.2 Å². The number of hydrogen-bond donors (Lipinski definition) is 1. The van der Waals surface area contributed by atoms with Crippen molar-refractivity contribution >= 4 is 16.0 Å². The van der Waals surface area contributed by atoms with Crippen molar-refractivity contribution < 1.29 is 13.2 Å². The Kier molecular flexibility index (Phi) is 7.89. The van der Waals surface area contributed by atoms with Gasteiger partial charge in [-0.1, -0.05) is 57.2 Å². The first kappa shape index (κ1) is 28.8. The van der Waals surface area contributed by atoms with Crippen LogP contribution in [0, 0.1) is 6.92 Å². The van der Waals surface area contributed by atoms with Gasteiger partial charge >= 0.3 is 0 Å². The Morgan fingerprint density at radius 2 is 1.73 bits per heavy atom. The number of hydrogen-bond acceptors (Lipinski definition) is 7. The average Bonchev–Trinajstić information content (AvgIpc) is 3.36. The van der Waals surface area contributed by atoms with E-state index < -0.39 is 15.4 Å². The average molecular weight is 575 g/mol. The maximum absolute atomic E-state index is 13.2. The fourth-order valence-electron chi connectivity index (χ4n) is 5.27. The van der Waals surface area contributed by atoms with Crippen LogP contribution >= 0.6 is 0 Å². The van der Waals surface area contributed by atoms with Crippen molar-refractivity contribution in [3.8, 4) is 22.9 Å². The van der Waals surface area contributed by atoms with E-state index in [0.717, 1.165) is 42.6 Å². The summed E-state index contributed by atoms with van der Waals surface area (Å²) in [5, 5.41) is 4.00. The van der Waals surface area contributed by atoms with Gasteiger partial charge in [0.15, 0.2) is 0 Å². The van der Waals surface area contributed by atoms with Crippen LogP contribution in [0.15, 0.2) is 65.8 Å². The maximum atomic E-state index is 13.2. The summed E-state index contributed by atoms with van der Waals surface area (Å²) in [6.07, 6.45) is 4.91. The number of nitrogens with one attached hydrogen (secondary N) is 1. The van der Waals surface area contributed by atoms with Gasteiger partial charge in [0.25, 0.3) is 10.0 Å². The highest BCUT2D eigenvalue weighted by Crippen LogP contribution is 2.41. The number of piperidine rings is 1. The first-order chi connectivity index (χ1) is 19.4. The fraction of sp³-hybridized carbons (Fsp3) is 0.387. The lowest BCUT2D eigenvalue weighted by Gasteiger charge is -2.29. The van der Waals surface area contributed by atoms with Crippen molar-refractivity contribution in [1.29, 1.82) is 0 Å². The van der Waals surface area contributed by atoms with Gasteiger partial charge in [-0.25, -0.2) is 18.1 Å². The van der Waals surface area contributed by atoms with E-state index in [0.29, 0.717) is 23.2 Å². The molecule has 1 aliphatic heterocycles. The maximum Gasteiger partial charge on any atom is 0.267 e. The van der Waals surface area contributed by atoms with Crippen LogP contribution in [0.25, 0.3) is 11.3 Å². The molecule has 3 heterocycles. The topological polar surface area (TPSA) is 102 Å². The van der Waals surface area contributed by atoms with E-state index in [1.54, 1.807) is 7.05 Å². The molecule has 4 aromatic rings.